The topological polar surface area (TPSA) is 65.8 Å². The number of amides is 1. The van der Waals surface area contributed by atoms with Crippen molar-refractivity contribution in [2.75, 3.05) is 26.7 Å². The number of halogens is 1. The van der Waals surface area contributed by atoms with Crippen LogP contribution in [0.1, 0.15) is 49.9 Å². The molecule has 1 aliphatic rings. The lowest BCUT2D eigenvalue weighted by atomic mass is 10.0. The fourth-order valence-electron chi connectivity index (χ4n) is 4.13. The molecule has 0 saturated carbocycles. The van der Waals surface area contributed by atoms with Crippen LogP contribution in [0.5, 0.6) is 0 Å². The minimum absolute atomic E-state index is 0.0379. The number of likely N-dealkylation sites (N-methyl/N-ethyl adjacent to an activating group) is 1. The van der Waals surface area contributed by atoms with Crippen LogP contribution in [0, 0.1) is 17.1 Å². The molecule has 0 aliphatic carbocycles. The van der Waals surface area contributed by atoms with Crippen molar-refractivity contribution in [1.29, 1.82) is 5.26 Å². The van der Waals surface area contributed by atoms with Gasteiger partial charge in [-0.05, 0) is 47.8 Å². The zero-order valence-electron chi connectivity index (χ0n) is 22.3. The van der Waals surface area contributed by atoms with Crippen molar-refractivity contribution < 1.29 is 18.3 Å². The maximum Gasteiger partial charge on any atom is 0.410 e. The molecule has 0 N–H and O–H groups in total. The maximum atomic E-state index is 14.1. The second-order valence-corrected chi connectivity index (χ2v) is 15.8. The molecule has 0 bridgehead atoms. The SMILES string of the molecule is CN(C(=O)OCc1ccccc1)C(CN1CC[C@@H](O[Si](C)(C)C(C)(C)C)C1)c1ccc(F)c(C#N)c1. The Balaban J connectivity index is 1.75. The fourth-order valence-corrected chi connectivity index (χ4v) is 5.51. The maximum absolute atomic E-state index is 14.1. The summed E-state index contributed by atoms with van der Waals surface area (Å²) in [7, 11) is -0.206. The van der Waals surface area contributed by atoms with Gasteiger partial charge in [0.25, 0.3) is 0 Å². The Labute approximate surface area is 215 Å². The van der Waals surface area contributed by atoms with Crippen LogP contribution in [0.4, 0.5) is 9.18 Å². The van der Waals surface area contributed by atoms with E-state index in [1.807, 2.05) is 36.4 Å². The van der Waals surface area contributed by atoms with Gasteiger partial charge in [-0.2, -0.15) is 5.26 Å². The highest BCUT2D eigenvalue weighted by Crippen LogP contribution is 2.38. The molecule has 1 unspecified atom stereocenters. The third-order valence-corrected chi connectivity index (χ3v) is 11.9. The van der Waals surface area contributed by atoms with Crippen LogP contribution in [0.2, 0.25) is 18.1 Å². The quantitative estimate of drug-likeness (QED) is 0.401. The van der Waals surface area contributed by atoms with Crippen molar-refractivity contribution in [2.45, 2.75) is 64.1 Å². The summed E-state index contributed by atoms with van der Waals surface area (Å²) in [5.74, 6) is -0.571. The zero-order chi connectivity index (χ0) is 26.5. The average molecular weight is 512 g/mol. The number of carbonyl (C=O) groups is 1. The van der Waals surface area contributed by atoms with Crippen molar-refractivity contribution in [3.63, 3.8) is 0 Å². The predicted octanol–water partition coefficient (Wildman–Crippen LogP) is 6.10. The molecule has 1 aliphatic heterocycles. The van der Waals surface area contributed by atoms with Crippen LogP contribution in [0.15, 0.2) is 48.5 Å². The second kappa shape index (κ2) is 11.5. The summed E-state index contributed by atoms with van der Waals surface area (Å²) in [4.78, 5) is 16.8. The summed E-state index contributed by atoms with van der Waals surface area (Å²) in [6.07, 6.45) is 0.596. The van der Waals surface area contributed by atoms with Gasteiger partial charge in [0, 0.05) is 26.7 Å². The van der Waals surface area contributed by atoms with E-state index in [4.69, 9.17) is 9.16 Å². The van der Waals surface area contributed by atoms with Crippen LogP contribution in [-0.4, -0.2) is 57.0 Å². The van der Waals surface area contributed by atoms with E-state index in [-0.39, 0.29) is 23.3 Å². The molecule has 0 aromatic heterocycles. The number of benzene rings is 2. The number of hydrogen-bond acceptors (Lipinski definition) is 5. The Morgan fingerprint density at radius 2 is 1.94 bits per heavy atom. The predicted molar refractivity (Wildman–Crippen MR) is 141 cm³/mol. The number of ether oxygens (including phenoxy) is 1. The Morgan fingerprint density at radius 1 is 1.25 bits per heavy atom. The minimum atomic E-state index is -1.89. The van der Waals surface area contributed by atoms with Crippen LogP contribution in [0.25, 0.3) is 0 Å². The van der Waals surface area contributed by atoms with Crippen LogP contribution >= 0.6 is 0 Å². The number of hydrogen-bond donors (Lipinski definition) is 0. The Morgan fingerprint density at radius 3 is 2.58 bits per heavy atom. The number of nitriles is 1. The lowest BCUT2D eigenvalue weighted by Gasteiger charge is -2.38. The largest absolute Gasteiger partial charge is 0.445 e. The third kappa shape index (κ3) is 6.93. The highest BCUT2D eigenvalue weighted by molar-refractivity contribution is 6.74. The van der Waals surface area contributed by atoms with E-state index in [0.29, 0.717) is 12.1 Å². The van der Waals surface area contributed by atoms with Crippen molar-refractivity contribution in [2.24, 2.45) is 0 Å². The van der Waals surface area contributed by atoms with Crippen LogP contribution < -0.4 is 0 Å². The van der Waals surface area contributed by atoms with Crippen molar-refractivity contribution >= 4 is 14.4 Å². The van der Waals surface area contributed by atoms with Crippen molar-refractivity contribution in [1.82, 2.24) is 9.80 Å². The van der Waals surface area contributed by atoms with Gasteiger partial charge in [-0.3, -0.25) is 4.90 Å². The fraction of sp³-hybridized carbons (Fsp3) is 0.500. The molecule has 36 heavy (non-hydrogen) atoms. The lowest BCUT2D eigenvalue weighted by Crippen LogP contribution is -2.45. The molecular formula is C28H38FN3O3Si. The summed E-state index contributed by atoms with van der Waals surface area (Å²) in [6.45, 7) is 13.5. The number of rotatable bonds is 8. The first-order valence-electron chi connectivity index (χ1n) is 12.4. The molecule has 8 heteroatoms. The molecule has 194 valence electrons. The Bertz CT molecular complexity index is 1080. The molecule has 0 spiro atoms. The van der Waals surface area contributed by atoms with Crippen molar-refractivity contribution in [3.8, 4) is 6.07 Å². The zero-order valence-corrected chi connectivity index (χ0v) is 23.3. The second-order valence-electron chi connectivity index (χ2n) is 11.1. The number of nitrogens with zero attached hydrogens (tertiary/aromatic N) is 3. The molecular weight excluding hydrogens is 473 g/mol. The molecule has 1 heterocycles. The summed E-state index contributed by atoms with van der Waals surface area (Å²) in [6, 6.07) is 15.5. The van der Waals surface area contributed by atoms with E-state index in [2.05, 4.69) is 38.8 Å². The average Bonchev–Trinajstić information content (AvgIpc) is 3.27. The normalized spacial score (nSPS) is 17.4. The van der Waals surface area contributed by atoms with Gasteiger partial charge in [0.1, 0.15) is 18.5 Å². The molecule has 2 atom stereocenters. The highest BCUT2D eigenvalue weighted by Gasteiger charge is 2.41. The first-order valence-corrected chi connectivity index (χ1v) is 15.4. The molecule has 2 aromatic rings. The van der Waals surface area contributed by atoms with Gasteiger partial charge in [-0.25, -0.2) is 9.18 Å². The first-order chi connectivity index (χ1) is 16.9. The van der Waals surface area contributed by atoms with E-state index in [0.717, 1.165) is 25.1 Å². The van der Waals surface area contributed by atoms with Gasteiger partial charge in [0.05, 0.1) is 17.7 Å². The number of carbonyl (C=O) groups excluding carboxylic acids is 1. The molecule has 0 radical (unpaired) electrons. The summed E-state index contributed by atoms with van der Waals surface area (Å²) in [5.41, 5.74) is 1.56. The molecule has 1 saturated heterocycles. The molecule has 6 nitrogen and oxygen atoms in total. The molecule has 2 aromatic carbocycles. The third-order valence-electron chi connectivity index (χ3n) is 7.38. The Hall–Kier alpha value is -2.73. The van der Waals surface area contributed by atoms with Crippen LogP contribution in [0.3, 0.4) is 0 Å². The first kappa shape index (κ1) is 27.8. The van der Waals surface area contributed by atoms with Gasteiger partial charge >= 0.3 is 6.09 Å². The smallest absolute Gasteiger partial charge is 0.410 e. The van der Waals surface area contributed by atoms with E-state index in [9.17, 15) is 14.4 Å². The van der Waals surface area contributed by atoms with Gasteiger partial charge < -0.3 is 14.1 Å². The number of likely N-dealkylation sites (tertiary alicyclic amines) is 1. The van der Waals surface area contributed by atoms with Gasteiger partial charge in [0.15, 0.2) is 8.32 Å². The monoisotopic (exact) mass is 511 g/mol. The van der Waals surface area contributed by atoms with Crippen molar-refractivity contribution in [3.05, 3.63) is 71.0 Å². The highest BCUT2D eigenvalue weighted by atomic mass is 28.4. The van der Waals surface area contributed by atoms with Gasteiger partial charge in [-0.1, -0.05) is 57.2 Å². The van der Waals surface area contributed by atoms with E-state index >= 15 is 0 Å². The van der Waals surface area contributed by atoms with E-state index < -0.39 is 26.3 Å². The molecule has 1 amide bonds. The minimum Gasteiger partial charge on any atom is -0.445 e. The summed E-state index contributed by atoms with van der Waals surface area (Å²) < 4.78 is 26.3. The Kier molecular flexibility index (Phi) is 8.93. The van der Waals surface area contributed by atoms with Gasteiger partial charge in [0.2, 0.25) is 0 Å². The lowest BCUT2D eigenvalue weighted by molar-refractivity contribution is 0.0819. The van der Waals surface area contributed by atoms with E-state index in [1.165, 1.54) is 12.1 Å². The standard InChI is InChI=1S/C28H38FN3O3Si/c1-28(2,3)36(5,6)35-24-14-15-32(18-24)19-26(22-12-13-25(29)23(16-22)17-30)31(4)27(33)34-20-21-10-8-7-9-11-21/h7-13,16,24,26H,14-15,18-20H2,1-6H3/t24-,26?/m1/s1. The van der Waals surface area contributed by atoms with E-state index in [1.54, 1.807) is 18.0 Å². The molecule has 3 rings (SSSR count). The van der Waals surface area contributed by atoms with Crippen LogP contribution in [-0.2, 0) is 15.8 Å². The summed E-state index contributed by atoms with van der Waals surface area (Å²) >= 11 is 0. The molecule has 1 fully saturated rings. The summed E-state index contributed by atoms with van der Waals surface area (Å²) in [5, 5.41) is 9.49. The van der Waals surface area contributed by atoms with Gasteiger partial charge in [-0.15, -0.1) is 0 Å².